The van der Waals surface area contributed by atoms with E-state index in [4.69, 9.17) is 0 Å². The van der Waals surface area contributed by atoms with Crippen molar-refractivity contribution in [1.82, 2.24) is 0 Å². The summed E-state index contributed by atoms with van der Waals surface area (Å²) in [6.45, 7) is 0. The van der Waals surface area contributed by atoms with E-state index in [1.807, 2.05) is 24.3 Å². The number of alkyl halides is 9. The largest absolute Gasteiger partial charge is 0.795 e. The molecule has 1 aliphatic carbocycles. The normalized spacial score (nSPS) is 18.9. The number of hydrogen-bond donors (Lipinski definition) is 2. The predicted molar refractivity (Wildman–Crippen MR) is 118 cm³/mol. The smallest absolute Gasteiger partial charge is 0.436 e. The fourth-order valence-corrected chi connectivity index (χ4v) is 3.48. The van der Waals surface area contributed by atoms with Crippen LogP contribution >= 0.6 is 0 Å². The third-order valence-electron chi connectivity index (χ3n) is 5.56. The number of para-hydroxylation sites is 2. The number of rotatable bonds is 5. The van der Waals surface area contributed by atoms with Gasteiger partial charge in [-0.25, -0.2) is 13.2 Å². The second kappa shape index (κ2) is 13.5. The van der Waals surface area contributed by atoms with Crippen LogP contribution in [-0.2, 0) is 16.8 Å². The SMILES string of the molecule is Oc1ccccc1C=N[C@@H]1CCCC[C@H]1N=Cc1ccccc1O.[Co].[O-]C(F)(F)C(F)(C(F)(F)F)C(F)(F)F. The van der Waals surface area contributed by atoms with Gasteiger partial charge in [-0.1, -0.05) is 37.1 Å². The molecule has 219 valence electrons. The maximum atomic E-state index is 12.0. The maximum Gasteiger partial charge on any atom is 0.436 e. The molecule has 1 saturated carbocycles. The summed E-state index contributed by atoms with van der Waals surface area (Å²) in [6, 6.07) is 14.6. The molecule has 0 aliphatic heterocycles. The van der Waals surface area contributed by atoms with Crippen molar-refractivity contribution in [2.75, 3.05) is 0 Å². The number of aromatic hydroxyl groups is 2. The zero-order valence-electron chi connectivity index (χ0n) is 19.7. The topological polar surface area (TPSA) is 88.2 Å². The fourth-order valence-electron chi connectivity index (χ4n) is 3.48. The molecule has 0 unspecified atom stereocenters. The van der Waals surface area contributed by atoms with Crippen LogP contribution in [0.15, 0.2) is 58.5 Å². The third-order valence-corrected chi connectivity index (χ3v) is 5.56. The molecule has 15 heteroatoms. The molecule has 3 rings (SSSR count). The fraction of sp³-hybridized carbons (Fsp3) is 0.417. The Hall–Kier alpha value is -2.78. The van der Waals surface area contributed by atoms with Crippen molar-refractivity contribution in [3.63, 3.8) is 0 Å². The minimum atomic E-state index is -7.08. The number of hydrogen-bond acceptors (Lipinski definition) is 5. The number of halogens is 9. The minimum absolute atomic E-state index is 0. The summed E-state index contributed by atoms with van der Waals surface area (Å²) in [5, 5.41) is 29.0. The molecule has 2 atom stereocenters. The summed E-state index contributed by atoms with van der Waals surface area (Å²) >= 11 is 0. The first kappa shape index (κ1) is 34.2. The Labute approximate surface area is 227 Å². The summed E-state index contributed by atoms with van der Waals surface area (Å²) in [4.78, 5) is 9.34. The quantitative estimate of drug-likeness (QED) is 0.333. The molecule has 39 heavy (non-hydrogen) atoms. The van der Waals surface area contributed by atoms with E-state index in [2.05, 4.69) is 9.98 Å². The minimum Gasteiger partial charge on any atom is -0.795 e. The van der Waals surface area contributed by atoms with E-state index in [0.29, 0.717) is 0 Å². The van der Waals surface area contributed by atoms with E-state index in [-0.39, 0.29) is 40.4 Å². The first-order valence-corrected chi connectivity index (χ1v) is 11.0. The Morgan fingerprint density at radius 3 is 1.26 bits per heavy atom. The molecule has 0 bridgehead atoms. The molecule has 1 aliphatic rings. The van der Waals surface area contributed by atoms with E-state index < -0.39 is 24.1 Å². The van der Waals surface area contributed by atoms with Gasteiger partial charge in [0.15, 0.2) is 0 Å². The number of phenols is 2. The first-order chi connectivity index (χ1) is 17.5. The summed E-state index contributed by atoms with van der Waals surface area (Å²) in [6.07, 6.45) is -13.1. The number of nitrogens with zero attached hydrogens (tertiary/aromatic N) is 2. The van der Waals surface area contributed by atoms with E-state index in [9.17, 15) is 54.8 Å². The van der Waals surface area contributed by atoms with Crippen LogP contribution in [0.5, 0.6) is 11.5 Å². The molecular weight excluding hydrogens is 594 g/mol. The molecule has 0 amide bonds. The van der Waals surface area contributed by atoms with Gasteiger partial charge in [0.25, 0.3) is 0 Å². The summed E-state index contributed by atoms with van der Waals surface area (Å²) in [5.74, 6) is 0.484. The van der Waals surface area contributed by atoms with Gasteiger partial charge in [0, 0.05) is 40.3 Å². The van der Waals surface area contributed by atoms with Crippen molar-refractivity contribution >= 4 is 12.4 Å². The Kier molecular flexibility index (Phi) is 11.9. The zero-order valence-corrected chi connectivity index (χ0v) is 20.7. The molecule has 1 fully saturated rings. The Bertz CT molecular complexity index is 1020. The molecule has 0 heterocycles. The van der Waals surface area contributed by atoms with E-state index >= 15 is 0 Å². The van der Waals surface area contributed by atoms with E-state index in [1.165, 1.54) is 0 Å². The second-order valence-electron chi connectivity index (χ2n) is 8.26. The van der Waals surface area contributed by atoms with Gasteiger partial charge in [0.05, 0.1) is 12.1 Å². The average Bonchev–Trinajstić information content (AvgIpc) is 2.81. The summed E-state index contributed by atoms with van der Waals surface area (Å²) < 4.78 is 103. The van der Waals surface area contributed by atoms with Crippen molar-refractivity contribution in [3.05, 3.63) is 59.7 Å². The predicted octanol–water partition coefficient (Wildman–Crippen LogP) is 5.72. The molecule has 2 aromatic rings. The maximum absolute atomic E-state index is 12.0. The van der Waals surface area contributed by atoms with Gasteiger partial charge < -0.3 is 15.3 Å². The Balaban J connectivity index is 0.000000439. The van der Waals surface area contributed by atoms with Crippen LogP contribution in [0.25, 0.3) is 0 Å². The first-order valence-electron chi connectivity index (χ1n) is 11.0. The Morgan fingerprint density at radius 2 is 1.00 bits per heavy atom. The molecule has 5 nitrogen and oxygen atoms in total. The number of aliphatic imine (C=N–C) groups is 2. The molecule has 2 N–H and O–H groups in total. The van der Waals surface area contributed by atoms with Crippen LogP contribution in [0, 0.1) is 0 Å². The Morgan fingerprint density at radius 1 is 0.667 bits per heavy atom. The van der Waals surface area contributed by atoms with Crippen LogP contribution in [0.1, 0.15) is 36.8 Å². The number of benzene rings is 2. The van der Waals surface area contributed by atoms with Crippen LogP contribution in [0.2, 0.25) is 0 Å². The van der Waals surface area contributed by atoms with Gasteiger partial charge in [0.2, 0.25) is 6.11 Å². The average molecular weight is 616 g/mol. The number of phenolic OH excluding ortho intramolecular Hbond substituents is 2. The molecule has 0 spiro atoms. The zero-order chi connectivity index (χ0) is 28.8. The van der Waals surface area contributed by atoms with Gasteiger partial charge in [-0.15, -0.1) is 0 Å². The standard InChI is InChI=1S/C20H22N2O2.C4F9O.Co/c23-19-11-5-1-7-15(19)13-21-17-9-3-4-10-18(17)22-14-16-8-2-6-12-20(16)24;5-1(2(6,7)8,3(9,10)11)4(12,13)14;/h1-2,5-8,11-14,17-18,23-24H,3-4,9-10H2;;/q;-1;/t17-,18-;;/m1../s1. The van der Waals surface area contributed by atoms with Gasteiger partial charge in [-0.3, -0.25) is 9.98 Å². The van der Waals surface area contributed by atoms with Gasteiger partial charge in [-0.05, 0) is 37.1 Å². The second-order valence-corrected chi connectivity index (χ2v) is 8.26. The van der Waals surface area contributed by atoms with E-state index in [1.54, 1.807) is 36.7 Å². The van der Waals surface area contributed by atoms with Crippen molar-refractivity contribution in [2.45, 2.75) is 61.9 Å². The summed E-state index contributed by atoms with van der Waals surface area (Å²) in [5.41, 5.74) is -5.62. The van der Waals surface area contributed by atoms with Crippen molar-refractivity contribution in [1.29, 1.82) is 0 Å². The molecular formula is C24H22CoF9N2O3-. The molecule has 2 aromatic carbocycles. The molecule has 0 saturated heterocycles. The van der Waals surface area contributed by atoms with Crippen LogP contribution in [0.3, 0.4) is 0 Å². The monoisotopic (exact) mass is 616 g/mol. The van der Waals surface area contributed by atoms with Crippen molar-refractivity contribution in [2.24, 2.45) is 9.98 Å². The van der Waals surface area contributed by atoms with Crippen LogP contribution < -0.4 is 5.11 Å². The summed E-state index contributed by atoms with van der Waals surface area (Å²) in [7, 11) is 0. The van der Waals surface area contributed by atoms with E-state index in [0.717, 1.165) is 36.8 Å². The van der Waals surface area contributed by atoms with Crippen molar-refractivity contribution in [3.8, 4) is 11.5 Å². The molecule has 0 aromatic heterocycles. The van der Waals surface area contributed by atoms with Gasteiger partial charge >= 0.3 is 18.0 Å². The van der Waals surface area contributed by atoms with Gasteiger partial charge in [0.1, 0.15) is 11.5 Å². The van der Waals surface area contributed by atoms with Crippen molar-refractivity contribution < 1.29 is 71.6 Å². The van der Waals surface area contributed by atoms with Gasteiger partial charge in [-0.2, -0.15) is 26.3 Å². The van der Waals surface area contributed by atoms with Crippen LogP contribution in [-0.4, -0.2) is 58.9 Å². The third kappa shape index (κ3) is 8.60. The van der Waals surface area contributed by atoms with Crippen LogP contribution in [0.4, 0.5) is 39.5 Å². The molecule has 1 radical (unpaired) electrons.